The van der Waals surface area contributed by atoms with Crippen molar-refractivity contribution in [1.29, 1.82) is 0 Å². The van der Waals surface area contributed by atoms with Crippen molar-refractivity contribution in [1.82, 2.24) is 10.4 Å². The first-order chi connectivity index (χ1) is 12.2. The zero-order valence-corrected chi connectivity index (χ0v) is 15.9. The minimum absolute atomic E-state index is 0.330. The zero-order chi connectivity index (χ0) is 19.3. The number of fused-ring (bicyclic) bond motifs is 1. The van der Waals surface area contributed by atoms with Crippen LogP contribution in [0.4, 0.5) is 4.79 Å². The predicted molar refractivity (Wildman–Crippen MR) is 101 cm³/mol. The number of hydrogen-bond donors (Lipinski definition) is 1. The van der Waals surface area contributed by atoms with Crippen molar-refractivity contribution < 1.29 is 19.2 Å². The van der Waals surface area contributed by atoms with Crippen molar-refractivity contribution in [3.05, 3.63) is 48.0 Å². The van der Waals surface area contributed by atoms with Gasteiger partial charge in [0.1, 0.15) is 11.6 Å². The fraction of sp³-hybridized carbons (Fsp3) is 0.400. The average Bonchev–Trinajstić information content (AvgIpc) is 2.58. The third-order valence-electron chi connectivity index (χ3n) is 3.83. The number of hydrogen-bond acceptors (Lipinski definition) is 4. The Morgan fingerprint density at radius 2 is 1.77 bits per heavy atom. The molecule has 0 aromatic heterocycles. The molecular weight excluding hydrogens is 332 g/mol. The van der Waals surface area contributed by atoms with E-state index in [0.717, 1.165) is 21.4 Å². The van der Waals surface area contributed by atoms with Crippen LogP contribution >= 0.6 is 0 Å². The number of amides is 2. The number of rotatable bonds is 5. The van der Waals surface area contributed by atoms with E-state index in [1.165, 1.54) is 14.2 Å². The average molecular weight is 358 g/mol. The summed E-state index contributed by atoms with van der Waals surface area (Å²) in [5.74, 6) is -0.355. The molecule has 6 heteroatoms. The van der Waals surface area contributed by atoms with Crippen molar-refractivity contribution in [2.75, 3.05) is 14.2 Å². The number of hydroxylamine groups is 2. The van der Waals surface area contributed by atoms with E-state index in [1.54, 1.807) is 20.8 Å². The van der Waals surface area contributed by atoms with Crippen molar-refractivity contribution in [2.45, 2.75) is 38.8 Å². The molecule has 0 heterocycles. The maximum absolute atomic E-state index is 12.6. The van der Waals surface area contributed by atoms with E-state index < -0.39 is 17.7 Å². The van der Waals surface area contributed by atoms with Crippen LogP contribution in [-0.4, -0.2) is 42.9 Å². The summed E-state index contributed by atoms with van der Waals surface area (Å²) in [6, 6.07) is 13.2. The minimum atomic E-state index is -0.795. The molecule has 0 aliphatic rings. The molecule has 2 amide bonds. The fourth-order valence-corrected chi connectivity index (χ4v) is 2.56. The maximum atomic E-state index is 12.6. The van der Waals surface area contributed by atoms with E-state index in [0.29, 0.717) is 6.42 Å². The Hall–Kier alpha value is -2.60. The number of nitrogens with zero attached hydrogens (tertiary/aromatic N) is 1. The molecule has 0 saturated carbocycles. The van der Waals surface area contributed by atoms with E-state index in [9.17, 15) is 9.59 Å². The Balaban J connectivity index is 2.21. The molecule has 26 heavy (non-hydrogen) atoms. The van der Waals surface area contributed by atoms with Gasteiger partial charge in [0.05, 0.1) is 7.11 Å². The highest BCUT2D eigenvalue weighted by Crippen LogP contribution is 2.17. The van der Waals surface area contributed by atoms with Crippen LogP contribution in [-0.2, 0) is 20.8 Å². The number of ether oxygens (including phenoxy) is 1. The highest BCUT2D eigenvalue weighted by molar-refractivity contribution is 5.86. The predicted octanol–water partition coefficient (Wildman–Crippen LogP) is 3.30. The molecule has 0 radical (unpaired) electrons. The summed E-state index contributed by atoms with van der Waals surface area (Å²) in [7, 11) is 2.91. The molecule has 6 nitrogen and oxygen atoms in total. The number of carbonyl (C=O) groups excluding carboxylic acids is 2. The lowest BCUT2D eigenvalue weighted by atomic mass is 10.0. The van der Waals surface area contributed by atoms with Crippen molar-refractivity contribution in [3.8, 4) is 0 Å². The molecule has 0 bridgehead atoms. The molecule has 140 valence electrons. The summed E-state index contributed by atoms with van der Waals surface area (Å²) < 4.78 is 5.28. The van der Waals surface area contributed by atoms with Crippen LogP contribution in [0, 0.1) is 0 Å². The Labute approximate surface area is 154 Å². The molecule has 1 N–H and O–H groups in total. The molecule has 0 saturated heterocycles. The second-order valence-corrected chi connectivity index (χ2v) is 7.10. The molecule has 0 aliphatic carbocycles. The first-order valence-corrected chi connectivity index (χ1v) is 8.48. The van der Waals surface area contributed by atoms with Gasteiger partial charge in [-0.2, -0.15) is 0 Å². The van der Waals surface area contributed by atoms with E-state index in [1.807, 2.05) is 42.5 Å². The number of benzene rings is 2. The van der Waals surface area contributed by atoms with Gasteiger partial charge in [-0.1, -0.05) is 42.5 Å². The van der Waals surface area contributed by atoms with Crippen LogP contribution in [0.5, 0.6) is 0 Å². The van der Waals surface area contributed by atoms with Crippen LogP contribution in [0.1, 0.15) is 26.3 Å². The molecule has 1 atom stereocenters. The summed E-state index contributed by atoms with van der Waals surface area (Å²) in [4.78, 5) is 29.7. The van der Waals surface area contributed by atoms with Gasteiger partial charge in [-0.05, 0) is 37.1 Å². The Bertz CT molecular complexity index is 783. The summed E-state index contributed by atoms with van der Waals surface area (Å²) in [5.41, 5.74) is 0.288. The van der Waals surface area contributed by atoms with Gasteiger partial charge in [-0.15, -0.1) is 0 Å². The number of carbonyl (C=O) groups is 2. The standard InChI is InChI=1S/C20H26N2O4/c1-20(2,3)26-19(24)21-17(18(23)22(4)25-5)13-14-10-11-15-8-6-7-9-16(15)12-14/h6-12,17H,13H2,1-5H3,(H,21,24)/t17-/m1/s1. The van der Waals surface area contributed by atoms with Crippen LogP contribution < -0.4 is 5.32 Å². The Morgan fingerprint density at radius 1 is 1.12 bits per heavy atom. The number of alkyl carbamates (subject to hydrolysis) is 1. The third kappa shape index (κ3) is 5.46. The molecule has 2 aromatic rings. The van der Waals surface area contributed by atoms with Crippen molar-refractivity contribution >= 4 is 22.8 Å². The van der Waals surface area contributed by atoms with Crippen LogP contribution in [0.2, 0.25) is 0 Å². The molecule has 0 aliphatic heterocycles. The van der Waals surface area contributed by atoms with Gasteiger partial charge in [0.25, 0.3) is 5.91 Å². The minimum Gasteiger partial charge on any atom is -0.444 e. The van der Waals surface area contributed by atoms with Crippen LogP contribution in [0.3, 0.4) is 0 Å². The topological polar surface area (TPSA) is 67.9 Å². The first kappa shape index (κ1) is 19.7. The van der Waals surface area contributed by atoms with Gasteiger partial charge >= 0.3 is 6.09 Å². The molecule has 2 aromatic carbocycles. The van der Waals surface area contributed by atoms with Gasteiger partial charge in [-0.25, -0.2) is 9.86 Å². The summed E-state index contributed by atoms with van der Waals surface area (Å²) in [6.45, 7) is 5.32. The molecule has 2 rings (SSSR count). The highest BCUT2D eigenvalue weighted by Gasteiger charge is 2.27. The van der Waals surface area contributed by atoms with Gasteiger partial charge < -0.3 is 10.1 Å². The lowest BCUT2D eigenvalue weighted by molar-refractivity contribution is -0.171. The summed E-state index contributed by atoms with van der Waals surface area (Å²) in [6.07, 6.45) is -0.308. The fourth-order valence-electron chi connectivity index (χ4n) is 2.56. The molecular formula is C20H26N2O4. The monoisotopic (exact) mass is 358 g/mol. The largest absolute Gasteiger partial charge is 0.444 e. The van der Waals surface area contributed by atoms with Gasteiger partial charge in [-0.3, -0.25) is 9.63 Å². The second kappa shape index (κ2) is 8.19. The lowest BCUT2D eigenvalue weighted by Crippen LogP contribution is -2.49. The molecule has 0 unspecified atom stereocenters. The van der Waals surface area contributed by atoms with E-state index in [4.69, 9.17) is 9.57 Å². The second-order valence-electron chi connectivity index (χ2n) is 7.10. The first-order valence-electron chi connectivity index (χ1n) is 8.48. The lowest BCUT2D eigenvalue weighted by Gasteiger charge is -2.25. The highest BCUT2D eigenvalue weighted by atomic mass is 16.7. The summed E-state index contributed by atoms with van der Waals surface area (Å²) in [5, 5.41) is 5.95. The van der Waals surface area contributed by atoms with Gasteiger partial charge in [0, 0.05) is 13.5 Å². The Kier molecular flexibility index (Phi) is 6.21. The maximum Gasteiger partial charge on any atom is 0.408 e. The quantitative estimate of drug-likeness (QED) is 0.833. The van der Waals surface area contributed by atoms with Crippen molar-refractivity contribution in [2.24, 2.45) is 0 Å². The zero-order valence-electron chi connectivity index (χ0n) is 15.9. The smallest absolute Gasteiger partial charge is 0.408 e. The van der Waals surface area contributed by atoms with Gasteiger partial charge in [0.2, 0.25) is 0 Å². The van der Waals surface area contributed by atoms with E-state index in [-0.39, 0.29) is 5.91 Å². The summed E-state index contributed by atoms with van der Waals surface area (Å²) >= 11 is 0. The normalized spacial score (nSPS) is 12.5. The van der Waals surface area contributed by atoms with Crippen molar-refractivity contribution in [3.63, 3.8) is 0 Å². The molecule has 0 spiro atoms. The third-order valence-corrected chi connectivity index (χ3v) is 3.83. The SMILES string of the molecule is CON(C)C(=O)[C@@H](Cc1ccc2ccccc2c1)NC(=O)OC(C)(C)C. The van der Waals surface area contributed by atoms with Crippen LogP contribution in [0.25, 0.3) is 10.8 Å². The van der Waals surface area contributed by atoms with Gasteiger partial charge in [0.15, 0.2) is 0 Å². The van der Waals surface area contributed by atoms with E-state index in [2.05, 4.69) is 5.32 Å². The molecule has 0 fully saturated rings. The number of likely N-dealkylation sites (N-methyl/N-ethyl adjacent to an activating group) is 1. The van der Waals surface area contributed by atoms with Crippen LogP contribution in [0.15, 0.2) is 42.5 Å². The van der Waals surface area contributed by atoms with E-state index >= 15 is 0 Å². The Morgan fingerprint density at radius 3 is 2.38 bits per heavy atom. The number of nitrogens with one attached hydrogen (secondary N) is 1.